The molecule has 7 nitrogen and oxygen atoms in total. The standard InChI is InChI=1S/C31H39ClF3N3O4/c1-36(18-19-42-2)28(39)26-9-8-25(21-27(26)32)37-14-10-22(11-15-37)20-23-12-16-38(17-13-23)29(40)30(41,31(33,34)35)24-6-4-3-5-7-24/h3-9,21-23,41H,10-20H2,1-2H3. The minimum atomic E-state index is -5.13. The number of ether oxygens (including phenoxy) is 1. The summed E-state index contributed by atoms with van der Waals surface area (Å²) in [6.07, 6.45) is -1.01. The molecule has 0 saturated carbocycles. The molecule has 4 rings (SSSR count). The lowest BCUT2D eigenvalue weighted by Crippen LogP contribution is -2.57. The van der Waals surface area contributed by atoms with Crippen LogP contribution in [0.3, 0.4) is 0 Å². The predicted molar refractivity (Wildman–Crippen MR) is 156 cm³/mol. The molecule has 230 valence electrons. The molecule has 2 saturated heterocycles. The van der Waals surface area contributed by atoms with Gasteiger partial charge in [0.15, 0.2) is 0 Å². The number of aliphatic hydroxyl groups is 1. The maximum Gasteiger partial charge on any atom is 0.430 e. The van der Waals surface area contributed by atoms with Crippen LogP contribution in [-0.4, -0.2) is 86.4 Å². The van der Waals surface area contributed by atoms with E-state index in [1.54, 1.807) is 31.2 Å². The summed E-state index contributed by atoms with van der Waals surface area (Å²) in [4.78, 5) is 30.7. The predicted octanol–water partition coefficient (Wildman–Crippen LogP) is 5.35. The lowest BCUT2D eigenvalue weighted by atomic mass is 9.82. The summed E-state index contributed by atoms with van der Waals surface area (Å²) in [5, 5.41) is 11.1. The summed E-state index contributed by atoms with van der Waals surface area (Å²) in [6, 6.07) is 12.1. The van der Waals surface area contributed by atoms with Crippen molar-refractivity contribution in [2.75, 3.05) is 58.4 Å². The lowest BCUT2D eigenvalue weighted by Gasteiger charge is -2.40. The number of anilines is 1. The molecule has 2 aromatic rings. The highest BCUT2D eigenvalue weighted by Crippen LogP contribution is 2.41. The summed E-state index contributed by atoms with van der Waals surface area (Å²) in [6.45, 7) is 2.99. The average Bonchev–Trinajstić information content (AvgIpc) is 2.99. The van der Waals surface area contributed by atoms with Crippen LogP contribution in [0.5, 0.6) is 0 Å². The first-order valence-corrected chi connectivity index (χ1v) is 14.8. The smallest absolute Gasteiger partial charge is 0.383 e. The van der Waals surface area contributed by atoms with Gasteiger partial charge in [-0.1, -0.05) is 41.9 Å². The maximum absolute atomic E-state index is 14.0. The Hall–Kier alpha value is -2.82. The second-order valence-corrected chi connectivity index (χ2v) is 11.8. The Morgan fingerprint density at radius 2 is 1.60 bits per heavy atom. The SMILES string of the molecule is COCCN(C)C(=O)c1ccc(N2CCC(CC3CCN(C(=O)C(O)(c4ccccc4)C(F)(F)F)CC3)CC2)cc1Cl. The molecule has 0 spiro atoms. The monoisotopic (exact) mass is 609 g/mol. The van der Waals surface area contributed by atoms with Gasteiger partial charge in [-0.25, -0.2) is 0 Å². The molecule has 42 heavy (non-hydrogen) atoms. The van der Waals surface area contributed by atoms with Crippen LogP contribution >= 0.6 is 11.6 Å². The third-order valence-electron chi connectivity index (χ3n) is 8.62. The van der Waals surface area contributed by atoms with Gasteiger partial charge in [0.1, 0.15) is 0 Å². The molecule has 11 heteroatoms. The Kier molecular flexibility index (Phi) is 10.4. The number of hydrogen-bond acceptors (Lipinski definition) is 5. The molecule has 0 radical (unpaired) electrons. The number of halogens is 4. The van der Waals surface area contributed by atoms with E-state index in [-0.39, 0.29) is 19.0 Å². The topological polar surface area (TPSA) is 73.3 Å². The first kappa shape index (κ1) is 32.1. The number of carbonyl (C=O) groups is 2. The van der Waals surface area contributed by atoms with Crippen molar-refractivity contribution < 1.29 is 32.6 Å². The second kappa shape index (κ2) is 13.7. The van der Waals surface area contributed by atoms with Gasteiger partial charge in [-0.05, 0) is 62.1 Å². The van der Waals surface area contributed by atoms with Crippen molar-refractivity contribution in [1.29, 1.82) is 0 Å². The van der Waals surface area contributed by atoms with E-state index in [9.17, 15) is 27.9 Å². The number of hydrogen-bond donors (Lipinski definition) is 1. The van der Waals surface area contributed by atoms with Crippen LogP contribution in [0.25, 0.3) is 0 Å². The molecule has 1 N–H and O–H groups in total. The molecule has 1 atom stereocenters. The van der Waals surface area contributed by atoms with Gasteiger partial charge in [-0.3, -0.25) is 9.59 Å². The first-order valence-electron chi connectivity index (χ1n) is 14.4. The van der Waals surface area contributed by atoms with Crippen molar-refractivity contribution in [3.8, 4) is 0 Å². The molecular weight excluding hydrogens is 571 g/mol. The summed E-state index contributed by atoms with van der Waals surface area (Å²) < 4.78 is 46.9. The van der Waals surface area contributed by atoms with Gasteiger partial charge in [0.2, 0.25) is 0 Å². The van der Waals surface area contributed by atoms with Crippen molar-refractivity contribution >= 4 is 29.1 Å². The van der Waals surface area contributed by atoms with Crippen molar-refractivity contribution in [1.82, 2.24) is 9.80 Å². The van der Waals surface area contributed by atoms with Crippen LogP contribution in [0.4, 0.5) is 18.9 Å². The average molecular weight is 610 g/mol. The van der Waals surface area contributed by atoms with E-state index >= 15 is 0 Å². The molecule has 2 heterocycles. The number of amides is 2. The highest BCUT2D eigenvalue weighted by Gasteiger charge is 2.62. The molecule has 0 bridgehead atoms. The van der Waals surface area contributed by atoms with Crippen LogP contribution in [0.15, 0.2) is 48.5 Å². The Bertz CT molecular complexity index is 1220. The van der Waals surface area contributed by atoms with E-state index in [2.05, 4.69) is 4.90 Å². The fraction of sp³-hybridized carbons (Fsp3) is 0.548. The molecule has 2 aromatic carbocycles. The Balaban J connectivity index is 1.27. The summed E-state index contributed by atoms with van der Waals surface area (Å²) in [7, 11) is 3.30. The van der Waals surface area contributed by atoms with Crippen LogP contribution in [0.1, 0.15) is 48.0 Å². The lowest BCUT2D eigenvalue weighted by molar-refractivity contribution is -0.262. The normalized spacial score (nSPS) is 18.5. The van der Waals surface area contributed by atoms with Crippen molar-refractivity contribution in [3.05, 3.63) is 64.7 Å². The quantitative estimate of drug-likeness (QED) is 0.415. The van der Waals surface area contributed by atoms with Gasteiger partial charge in [0.25, 0.3) is 17.4 Å². The Morgan fingerprint density at radius 3 is 2.14 bits per heavy atom. The zero-order valence-corrected chi connectivity index (χ0v) is 24.8. The number of nitrogens with zero attached hydrogens (tertiary/aromatic N) is 3. The largest absolute Gasteiger partial charge is 0.430 e. The van der Waals surface area contributed by atoms with Crippen LogP contribution < -0.4 is 4.90 Å². The van der Waals surface area contributed by atoms with Crippen LogP contribution in [0.2, 0.25) is 5.02 Å². The number of rotatable bonds is 9. The number of likely N-dealkylation sites (tertiary alicyclic amines) is 1. The van der Waals surface area contributed by atoms with E-state index in [0.29, 0.717) is 48.4 Å². The number of likely N-dealkylation sites (N-methyl/N-ethyl adjacent to an activating group) is 1. The van der Waals surface area contributed by atoms with Crippen molar-refractivity contribution in [3.63, 3.8) is 0 Å². The molecule has 0 aliphatic carbocycles. The number of carbonyl (C=O) groups excluding carboxylic acids is 2. The summed E-state index contributed by atoms with van der Waals surface area (Å²) in [5.74, 6) is -0.661. The Labute approximate surface area is 250 Å². The third kappa shape index (κ3) is 7.03. The zero-order valence-electron chi connectivity index (χ0n) is 24.1. The first-order chi connectivity index (χ1) is 20.0. The second-order valence-electron chi connectivity index (χ2n) is 11.4. The number of benzene rings is 2. The fourth-order valence-electron chi connectivity index (χ4n) is 6.00. The van der Waals surface area contributed by atoms with E-state index in [1.807, 2.05) is 12.1 Å². The minimum absolute atomic E-state index is 0.154. The van der Waals surface area contributed by atoms with Gasteiger partial charge in [0, 0.05) is 58.1 Å². The van der Waals surface area contributed by atoms with Crippen LogP contribution in [-0.2, 0) is 15.1 Å². The van der Waals surface area contributed by atoms with Gasteiger partial charge >= 0.3 is 6.18 Å². The number of methoxy groups -OCH3 is 1. The minimum Gasteiger partial charge on any atom is -0.383 e. The molecule has 2 fully saturated rings. The highest BCUT2D eigenvalue weighted by atomic mass is 35.5. The molecule has 0 aromatic heterocycles. The number of alkyl halides is 3. The van der Waals surface area contributed by atoms with Crippen molar-refractivity contribution in [2.45, 2.75) is 43.9 Å². The van der Waals surface area contributed by atoms with Gasteiger partial charge in [-0.15, -0.1) is 0 Å². The molecular formula is C31H39ClF3N3O4. The maximum atomic E-state index is 14.0. The third-order valence-corrected chi connectivity index (χ3v) is 8.93. The molecule has 2 aliphatic rings. The Morgan fingerprint density at radius 1 is 1.00 bits per heavy atom. The van der Waals surface area contributed by atoms with E-state index < -0.39 is 23.2 Å². The zero-order chi connectivity index (χ0) is 30.5. The van der Waals surface area contributed by atoms with Crippen molar-refractivity contribution in [2.24, 2.45) is 11.8 Å². The van der Waals surface area contributed by atoms with Gasteiger partial charge in [-0.2, -0.15) is 13.2 Å². The molecule has 2 aliphatic heterocycles. The fourth-order valence-corrected chi connectivity index (χ4v) is 6.25. The highest BCUT2D eigenvalue weighted by molar-refractivity contribution is 6.34. The summed E-state index contributed by atoms with van der Waals surface area (Å²) in [5.41, 5.74) is -2.59. The van der Waals surface area contributed by atoms with Gasteiger partial charge < -0.3 is 24.5 Å². The summed E-state index contributed by atoms with van der Waals surface area (Å²) >= 11 is 6.49. The van der Waals surface area contributed by atoms with E-state index in [0.717, 1.165) is 55.1 Å². The number of piperidine rings is 2. The van der Waals surface area contributed by atoms with E-state index in [4.69, 9.17) is 16.3 Å². The molecule has 2 amide bonds. The molecule has 1 unspecified atom stereocenters. The van der Waals surface area contributed by atoms with Crippen LogP contribution in [0, 0.1) is 11.8 Å². The van der Waals surface area contributed by atoms with Gasteiger partial charge in [0.05, 0.1) is 17.2 Å². The van der Waals surface area contributed by atoms with E-state index in [1.165, 1.54) is 12.1 Å².